The normalized spacial score (nSPS) is 16.4. The Hall–Kier alpha value is -1.99. The highest BCUT2D eigenvalue weighted by Gasteiger charge is 2.16. The van der Waals surface area contributed by atoms with Crippen molar-refractivity contribution in [1.82, 2.24) is 0 Å². The molecule has 0 heterocycles. The van der Waals surface area contributed by atoms with Crippen LogP contribution < -0.4 is 0 Å². The predicted octanol–water partition coefficient (Wildman–Crippen LogP) is 7.99. The van der Waals surface area contributed by atoms with E-state index in [-0.39, 0.29) is 0 Å². The van der Waals surface area contributed by atoms with Gasteiger partial charge in [0.1, 0.15) is 0 Å². The largest absolute Gasteiger partial charge is 0.173 e. The molecule has 0 saturated heterocycles. The maximum atomic E-state index is 2.42. The first-order valence-corrected chi connectivity index (χ1v) is 11.8. The second kappa shape index (κ2) is 9.28. The van der Waals surface area contributed by atoms with E-state index in [9.17, 15) is 0 Å². The van der Waals surface area contributed by atoms with Crippen LogP contribution in [0.4, 0.5) is 0 Å². The molecular formula is C26H30S. The molecule has 0 aromatic heterocycles. The van der Waals surface area contributed by atoms with Crippen molar-refractivity contribution in [3.8, 4) is 0 Å². The third-order valence-corrected chi connectivity index (χ3v) is 8.20. The molecule has 1 aliphatic rings. The standard InChI is InChI=1S/C26H30S/c1-2-6-12-22(13-7-3-1)23-18-20-26(21-19-23)27(24-14-8-4-9-15-24)25-16-10-5-11-17-25/h4-5,8-11,14-22,27H,1-3,6-7,12-13H2. The number of thiol groups is 1. The summed E-state index contributed by atoms with van der Waals surface area (Å²) in [6, 6.07) is 31.6. The van der Waals surface area contributed by atoms with Crippen molar-refractivity contribution in [3.05, 3.63) is 90.5 Å². The summed E-state index contributed by atoms with van der Waals surface area (Å²) in [5, 5.41) is 0. The zero-order chi connectivity index (χ0) is 18.3. The van der Waals surface area contributed by atoms with Crippen LogP contribution in [0.1, 0.15) is 56.4 Å². The number of hydrogen-bond donors (Lipinski definition) is 1. The molecular weight excluding hydrogens is 344 g/mol. The Morgan fingerprint density at radius 2 is 0.926 bits per heavy atom. The van der Waals surface area contributed by atoms with Crippen LogP contribution in [0.3, 0.4) is 0 Å². The van der Waals surface area contributed by atoms with E-state index >= 15 is 0 Å². The van der Waals surface area contributed by atoms with Crippen LogP contribution in [0.2, 0.25) is 0 Å². The molecule has 4 rings (SSSR count). The van der Waals surface area contributed by atoms with E-state index in [2.05, 4.69) is 84.9 Å². The van der Waals surface area contributed by atoms with E-state index in [0.717, 1.165) is 5.92 Å². The lowest BCUT2D eigenvalue weighted by atomic mass is 9.86. The Labute approximate surface area is 167 Å². The molecule has 0 radical (unpaired) electrons. The Kier molecular flexibility index (Phi) is 6.32. The topological polar surface area (TPSA) is 0 Å². The van der Waals surface area contributed by atoms with Crippen LogP contribution in [-0.4, -0.2) is 0 Å². The average Bonchev–Trinajstić information content (AvgIpc) is 2.70. The van der Waals surface area contributed by atoms with Gasteiger partial charge in [0.05, 0.1) is 0 Å². The molecule has 3 aromatic carbocycles. The smallest absolute Gasteiger partial charge is 0.00450 e. The van der Waals surface area contributed by atoms with E-state index in [0.29, 0.717) is 0 Å². The highest BCUT2D eigenvalue weighted by molar-refractivity contribution is 8.17. The van der Waals surface area contributed by atoms with Gasteiger partial charge in [0, 0.05) is 0 Å². The lowest BCUT2D eigenvalue weighted by Crippen LogP contribution is -2.02. The summed E-state index contributed by atoms with van der Waals surface area (Å²) >= 11 is 0. The van der Waals surface area contributed by atoms with Crippen LogP contribution in [-0.2, 0) is 0 Å². The monoisotopic (exact) mass is 374 g/mol. The fourth-order valence-electron chi connectivity index (χ4n) is 4.29. The fourth-order valence-corrected chi connectivity index (χ4v) is 6.57. The lowest BCUT2D eigenvalue weighted by Gasteiger charge is -2.25. The predicted molar refractivity (Wildman–Crippen MR) is 118 cm³/mol. The van der Waals surface area contributed by atoms with Crippen molar-refractivity contribution in [2.24, 2.45) is 0 Å². The number of rotatable bonds is 4. The average molecular weight is 375 g/mol. The summed E-state index contributed by atoms with van der Waals surface area (Å²) in [5.41, 5.74) is 1.55. The first-order valence-electron chi connectivity index (χ1n) is 10.4. The maximum absolute atomic E-state index is 2.42. The second-order valence-corrected chi connectivity index (χ2v) is 9.86. The van der Waals surface area contributed by atoms with E-state index in [1.54, 1.807) is 5.56 Å². The van der Waals surface area contributed by atoms with E-state index in [1.165, 1.54) is 59.6 Å². The van der Waals surface area contributed by atoms with Gasteiger partial charge in [0.15, 0.2) is 0 Å². The second-order valence-electron chi connectivity index (χ2n) is 7.64. The highest BCUT2D eigenvalue weighted by atomic mass is 32.2. The SMILES string of the molecule is c1ccc([SH](c2ccccc2)c2ccc(C3CCCCCCC3)cc2)cc1. The van der Waals surface area contributed by atoms with Gasteiger partial charge >= 0.3 is 0 Å². The van der Waals surface area contributed by atoms with Crippen molar-refractivity contribution in [3.63, 3.8) is 0 Å². The fraction of sp³-hybridized carbons (Fsp3) is 0.308. The Morgan fingerprint density at radius 3 is 1.44 bits per heavy atom. The van der Waals surface area contributed by atoms with Crippen LogP contribution in [0, 0.1) is 0 Å². The molecule has 0 nitrogen and oxygen atoms in total. The number of hydrogen-bond acceptors (Lipinski definition) is 0. The molecule has 3 aromatic rings. The molecule has 1 aliphatic carbocycles. The summed E-state index contributed by atoms with van der Waals surface area (Å²) in [6.45, 7) is 0. The van der Waals surface area contributed by atoms with E-state index in [1.807, 2.05) is 0 Å². The molecule has 0 spiro atoms. The molecule has 0 bridgehead atoms. The minimum absolute atomic E-state index is 0.485. The maximum Gasteiger partial charge on any atom is -0.00450 e. The molecule has 27 heavy (non-hydrogen) atoms. The molecule has 1 heteroatoms. The molecule has 0 unspecified atom stereocenters. The Bertz CT molecular complexity index is 760. The first-order chi connectivity index (χ1) is 13.4. The third-order valence-electron chi connectivity index (χ3n) is 5.76. The highest BCUT2D eigenvalue weighted by Crippen LogP contribution is 2.51. The van der Waals surface area contributed by atoms with Gasteiger partial charge in [-0.25, -0.2) is 0 Å². The molecule has 1 saturated carbocycles. The van der Waals surface area contributed by atoms with Gasteiger partial charge in [0.25, 0.3) is 0 Å². The zero-order valence-corrected chi connectivity index (χ0v) is 17.0. The summed E-state index contributed by atoms with van der Waals surface area (Å²) < 4.78 is 0. The molecule has 1 fully saturated rings. The van der Waals surface area contributed by atoms with Gasteiger partial charge in [-0.15, -0.1) is 0 Å². The van der Waals surface area contributed by atoms with Crippen LogP contribution in [0.5, 0.6) is 0 Å². The minimum atomic E-state index is -0.485. The van der Waals surface area contributed by atoms with Gasteiger partial charge in [-0.05, 0) is 75.4 Å². The molecule has 0 atom stereocenters. The van der Waals surface area contributed by atoms with Crippen molar-refractivity contribution in [1.29, 1.82) is 0 Å². The van der Waals surface area contributed by atoms with Crippen LogP contribution in [0.25, 0.3) is 0 Å². The van der Waals surface area contributed by atoms with Crippen molar-refractivity contribution < 1.29 is 0 Å². The van der Waals surface area contributed by atoms with Gasteiger partial charge in [-0.3, -0.25) is 0 Å². The van der Waals surface area contributed by atoms with Crippen molar-refractivity contribution in [2.75, 3.05) is 0 Å². The Balaban J connectivity index is 1.63. The van der Waals surface area contributed by atoms with Gasteiger partial charge in [0.2, 0.25) is 0 Å². The van der Waals surface area contributed by atoms with Gasteiger partial charge < -0.3 is 0 Å². The minimum Gasteiger partial charge on any atom is -0.173 e. The molecule has 0 amide bonds. The summed E-state index contributed by atoms with van der Waals surface area (Å²) in [7, 11) is -0.485. The van der Waals surface area contributed by atoms with Crippen molar-refractivity contribution >= 4 is 10.9 Å². The van der Waals surface area contributed by atoms with Crippen LogP contribution in [0.15, 0.2) is 99.6 Å². The zero-order valence-electron chi connectivity index (χ0n) is 16.1. The molecule has 140 valence electrons. The van der Waals surface area contributed by atoms with E-state index in [4.69, 9.17) is 0 Å². The number of benzene rings is 3. The quantitative estimate of drug-likeness (QED) is 0.439. The first kappa shape index (κ1) is 18.4. The Morgan fingerprint density at radius 1 is 0.481 bits per heavy atom. The van der Waals surface area contributed by atoms with Gasteiger partial charge in [-0.1, -0.05) is 80.6 Å². The summed E-state index contributed by atoms with van der Waals surface area (Å²) in [4.78, 5) is 4.31. The lowest BCUT2D eigenvalue weighted by molar-refractivity contribution is 0.455. The van der Waals surface area contributed by atoms with Crippen LogP contribution >= 0.6 is 10.9 Å². The summed E-state index contributed by atoms with van der Waals surface area (Å²) in [6.07, 6.45) is 9.80. The van der Waals surface area contributed by atoms with E-state index < -0.39 is 10.9 Å². The summed E-state index contributed by atoms with van der Waals surface area (Å²) in [5.74, 6) is 0.763. The molecule has 0 aliphatic heterocycles. The van der Waals surface area contributed by atoms with Gasteiger partial charge in [-0.2, -0.15) is 10.9 Å². The molecule has 0 N–H and O–H groups in total. The van der Waals surface area contributed by atoms with Crippen molar-refractivity contribution in [2.45, 2.75) is 65.6 Å². The third kappa shape index (κ3) is 4.65.